The van der Waals surface area contributed by atoms with Crippen LogP contribution in [-0.2, 0) is 14.9 Å². The van der Waals surface area contributed by atoms with Crippen molar-refractivity contribution in [2.45, 2.75) is 64.3 Å². The summed E-state index contributed by atoms with van der Waals surface area (Å²) in [5.41, 5.74) is 1.31. The Morgan fingerprint density at radius 3 is 2.20 bits per heavy atom. The van der Waals surface area contributed by atoms with Gasteiger partial charge in [-0.25, -0.2) is 0 Å². The van der Waals surface area contributed by atoms with E-state index in [1.807, 2.05) is 40.7 Å². The van der Waals surface area contributed by atoms with E-state index < -0.39 is 12.7 Å². The van der Waals surface area contributed by atoms with Crippen LogP contribution in [0.3, 0.4) is 0 Å². The number of aliphatic hydroxyl groups is 1. The third-order valence-corrected chi connectivity index (χ3v) is 4.84. The zero-order valence-electron chi connectivity index (χ0n) is 12.9. The lowest BCUT2D eigenvalue weighted by molar-refractivity contribution is 0.00578. The first kappa shape index (κ1) is 14.0. The number of hydrogen-bond donors (Lipinski definition) is 1. The molecule has 108 valence electrons. The number of nitrogens with zero attached hydrogens (tertiary/aromatic N) is 1. The van der Waals surface area contributed by atoms with Crippen molar-refractivity contribution in [3.63, 3.8) is 0 Å². The number of hydrogen-bond acceptors (Lipinski definition) is 4. The van der Waals surface area contributed by atoms with E-state index in [0.717, 1.165) is 29.6 Å². The molecule has 0 amide bonds. The van der Waals surface area contributed by atoms with E-state index in [1.165, 1.54) is 0 Å². The van der Waals surface area contributed by atoms with Gasteiger partial charge in [0.05, 0.1) is 22.4 Å². The molecule has 1 aliphatic heterocycles. The molecule has 20 heavy (non-hydrogen) atoms. The van der Waals surface area contributed by atoms with Gasteiger partial charge in [-0.05, 0) is 64.7 Å². The van der Waals surface area contributed by atoms with Gasteiger partial charge in [0.25, 0.3) is 0 Å². The highest BCUT2D eigenvalue weighted by molar-refractivity contribution is 6.61. The molecule has 2 heterocycles. The highest BCUT2D eigenvalue weighted by atomic mass is 16.7. The van der Waals surface area contributed by atoms with Crippen molar-refractivity contribution in [2.75, 3.05) is 0 Å². The number of pyridine rings is 1. The van der Waals surface area contributed by atoms with Crippen molar-refractivity contribution in [3.05, 3.63) is 23.4 Å². The second-order valence-electron chi connectivity index (χ2n) is 7.04. The Bertz CT molecular complexity index is 536. The molecule has 0 radical (unpaired) electrons. The Morgan fingerprint density at radius 1 is 1.15 bits per heavy atom. The molecule has 0 aromatic carbocycles. The van der Waals surface area contributed by atoms with Crippen molar-refractivity contribution < 1.29 is 14.4 Å². The van der Waals surface area contributed by atoms with Gasteiger partial charge in [0.2, 0.25) is 0 Å². The van der Waals surface area contributed by atoms with Crippen LogP contribution in [0.5, 0.6) is 0 Å². The Hall–Kier alpha value is -0.905. The molecule has 1 aromatic heterocycles. The number of aryl methyl sites for hydroxylation is 1. The summed E-state index contributed by atoms with van der Waals surface area (Å²) in [5, 5.41) is 10.3. The fourth-order valence-electron chi connectivity index (χ4n) is 2.52. The van der Waals surface area contributed by atoms with E-state index in [2.05, 4.69) is 4.98 Å². The summed E-state index contributed by atoms with van der Waals surface area (Å²) < 4.78 is 12.0. The van der Waals surface area contributed by atoms with Crippen LogP contribution in [0, 0.1) is 6.92 Å². The lowest BCUT2D eigenvalue weighted by Crippen LogP contribution is -2.41. The van der Waals surface area contributed by atoms with Crippen molar-refractivity contribution in [1.29, 1.82) is 0 Å². The lowest BCUT2D eigenvalue weighted by atomic mass is 9.82. The summed E-state index contributed by atoms with van der Waals surface area (Å²) in [5.74, 6) is 0. The molecule has 0 spiro atoms. The van der Waals surface area contributed by atoms with Crippen LogP contribution in [0.2, 0.25) is 0 Å². The normalized spacial score (nSPS) is 25.8. The van der Waals surface area contributed by atoms with Gasteiger partial charge in [0, 0.05) is 6.20 Å². The number of rotatable bonds is 2. The molecule has 0 unspecified atom stereocenters. The van der Waals surface area contributed by atoms with Crippen LogP contribution in [0.4, 0.5) is 0 Å². The first-order valence-corrected chi connectivity index (χ1v) is 7.20. The average molecular weight is 275 g/mol. The van der Waals surface area contributed by atoms with Gasteiger partial charge in [-0.15, -0.1) is 0 Å². The Labute approximate surface area is 120 Å². The van der Waals surface area contributed by atoms with Crippen LogP contribution in [0.1, 0.15) is 51.7 Å². The molecule has 0 bridgehead atoms. The van der Waals surface area contributed by atoms with Crippen LogP contribution in [-0.4, -0.2) is 28.4 Å². The summed E-state index contributed by atoms with van der Waals surface area (Å²) in [4.78, 5) is 4.43. The third kappa shape index (κ3) is 2.08. The maximum atomic E-state index is 10.3. The topological polar surface area (TPSA) is 51.6 Å². The standard InChI is InChI=1S/C15H22BNO3/c1-10-9-17-12(8-11(10)15(18)6-7-15)16-19-13(2,3)14(4,5)20-16/h8-9,18H,6-7H2,1-5H3. The molecule has 3 rings (SSSR count). The molecule has 1 N–H and O–H groups in total. The Morgan fingerprint density at radius 2 is 1.70 bits per heavy atom. The van der Waals surface area contributed by atoms with Crippen LogP contribution in [0.25, 0.3) is 0 Å². The van der Waals surface area contributed by atoms with E-state index in [9.17, 15) is 5.11 Å². The van der Waals surface area contributed by atoms with Gasteiger partial charge >= 0.3 is 7.12 Å². The molecule has 5 heteroatoms. The van der Waals surface area contributed by atoms with Crippen LogP contribution >= 0.6 is 0 Å². The molecule has 1 saturated heterocycles. The minimum Gasteiger partial charge on any atom is -0.398 e. The molecule has 1 aromatic rings. The van der Waals surface area contributed by atoms with Gasteiger partial charge in [0.15, 0.2) is 0 Å². The van der Waals surface area contributed by atoms with Crippen molar-refractivity contribution in [1.82, 2.24) is 4.98 Å². The molecule has 1 saturated carbocycles. The summed E-state index contributed by atoms with van der Waals surface area (Å²) in [6.45, 7) is 10.1. The second kappa shape index (κ2) is 4.06. The molecule has 2 aliphatic rings. The van der Waals surface area contributed by atoms with Gasteiger partial charge in [-0.2, -0.15) is 0 Å². The maximum absolute atomic E-state index is 10.3. The summed E-state index contributed by atoms with van der Waals surface area (Å²) in [7, 11) is -0.471. The molecular formula is C15H22BNO3. The van der Waals surface area contributed by atoms with Crippen molar-refractivity contribution in [2.24, 2.45) is 0 Å². The van der Waals surface area contributed by atoms with Crippen molar-refractivity contribution >= 4 is 12.7 Å². The van der Waals surface area contributed by atoms with E-state index >= 15 is 0 Å². The average Bonchev–Trinajstić information content (AvgIpc) is 3.02. The molecule has 0 atom stereocenters. The fourth-order valence-corrected chi connectivity index (χ4v) is 2.52. The Kier molecular flexibility index (Phi) is 2.85. The monoisotopic (exact) mass is 275 g/mol. The van der Waals surface area contributed by atoms with Crippen LogP contribution in [0.15, 0.2) is 12.3 Å². The minimum absolute atomic E-state index is 0.374. The predicted molar refractivity (Wildman–Crippen MR) is 77.8 cm³/mol. The first-order chi connectivity index (χ1) is 9.15. The van der Waals surface area contributed by atoms with Crippen LogP contribution < -0.4 is 5.59 Å². The zero-order valence-corrected chi connectivity index (χ0v) is 12.9. The fraction of sp³-hybridized carbons (Fsp3) is 0.667. The van der Waals surface area contributed by atoms with E-state index in [-0.39, 0.29) is 11.2 Å². The Balaban J connectivity index is 1.93. The quantitative estimate of drug-likeness (QED) is 0.834. The second-order valence-corrected chi connectivity index (χ2v) is 7.04. The molecule has 1 aliphatic carbocycles. The highest BCUT2D eigenvalue weighted by Gasteiger charge is 2.53. The van der Waals surface area contributed by atoms with E-state index in [0.29, 0.717) is 0 Å². The van der Waals surface area contributed by atoms with Gasteiger partial charge < -0.3 is 14.4 Å². The molecular weight excluding hydrogens is 253 g/mol. The molecule has 4 nitrogen and oxygen atoms in total. The van der Waals surface area contributed by atoms with Crippen molar-refractivity contribution in [3.8, 4) is 0 Å². The van der Waals surface area contributed by atoms with E-state index in [1.54, 1.807) is 6.20 Å². The first-order valence-electron chi connectivity index (χ1n) is 7.20. The summed E-state index contributed by atoms with van der Waals surface area (Å²) in [6, 6.07) is 1.94. The maximum Gasteiger partial charge on any atom is 0.514 e. The van der Waals surface area contributed by atoms with E-state index in [4.69, 9.17) is 9.31 Å². The smallest absolute Gasteiger partial charge is 0.398 e. The molecule has 2 fully saturated rings. The SMILES string of the molecule is Cc1cnc(B2OC(C)(C)C(C)(C)O2)cc1C1(O)CC1. The minimum atomic E-state index is -0.661. The van der Waals surface area contributed by atoms with Gasteiger partial charge in [0.1, 0.15) is 0 Å². The predicted octanol–water partition coefficient (Wildman–Crippen LogP) is 1.67. The summed E-state index contributed by atoms with van der Waals surface area (Å²) >= 11 is 0. The third-order valence-electron chi connectivity index (χ3n) is 4.84. The van der Waals surface area contributed by atoms with Gasteiger partial charge in [-0.1, -0.05) is 0 Å². The largest absolute Gasteiger partial charge is 0.514 e. The summed E-state index contributed by atoms with van der Waals surface area (Å²) in [6.07, 6.45) is 3.44. The lowest BCUT2D eigenvalue weighted by Gasteiger charge is -2.32. The highest BCUT2D eigenvalue weighted by Crippen LogP contribution is 2.46. The van der Waals surface area contributed by atoms with Gasteiger partial charge in [-0.3, -0.25) is 4.98 Å². The zero-order chi connectivity index (χ0) is 14.8. The number of aromatic nitrogens is 1.